The molecule has 3 atom stereocenters. The van der Waals surface area contributed by atoms with Gasteiger partial charge in [-0.1, -0.05) is 18.0 Å². The SMILES string of the molecule is O=C(CC1CC2CCC1C2)Nc1cnc(Cl)cn1. The van der Waals surface area contributed by atoms with Crippen molar-refractivity contribution in [3.05, 3.63) is 17.5 Å². The molecule has 0 saturated heterocycles. The fourth-order valence-electron chi connectivity index (χ4n) is 3.44. The highest BCUT2D eigenvalue weighted by atomic mass is 35.5. The van der Waals surface area contributed by atoms with Crippen LogP contribution in [0.25, 0.3) is 0 Å². The Hall–Kier alpha value is -1.16. The highest BCUT2D eigenvalue weighted by Crippen LogP contribution is 2.49. The minimum atomic E-state index is 0.0455. The minimum absolute atomic E-state index is 0.0455. The molecule has 1 aromatic heterocycles. The summed E-state index contributed by atoms with van der Waals surface area (Å²) in [5.41, 5.74) is 0. The van der Waals surface area contributed by atoms with Crippen LogP contribution in [0.1, 0.15) is 32.1 Å². The number of nitrogens with zero attached hydrogens (tertiary/aromatic N) is 2. The molecule has 2 aliphatic carbocycles. The van der Waals surface area contributed by atoms with Crippen LogP contribution in [0.3, 0.4) is 0 Å². The van der Waals surface area contributed by atoms with Crippen molar-refractivity contribution in [1.29, 1.82) is 0 Å². The number of carbonyl (C=O) groups excluding carboxylic acids is 1. The second-order valence-electron chi connectivity index (χ2n) is 5.41. The smallest absolute Gasteiger partial charge is 0.225 e. The fourth-order valence-corrected chi connectivity index (χ4v) is 3.53. The first-order chi connectivity index (χ1) is 8.70. The van der Waals surface area contributed by atoms with Crippen LogP contribution in [0, 0.1) is 17.8 Å². The van der Waals surface area contributed by atoms with Crippen molar-refractivity contribution in [2.45, 2.75) is 32.1 Å². The van der Waals surface area contributed by atoms with E-state index in [0.29, 0.717) is 23.3 Å². The van der Waals surface area contributed by atoms with Gasteiger partial charge in [0.1, 0.15) is 5.15 Å². The molecule has 0 aliphatic heterocycles. The molecular formula is C13H16ClN3O. The van der Waals surface area contributed by atoms with E-state index in [-0.39, 0.29) is 5.91 Å². The van der Waals surface area contributed by atoms with Gasteiger partial charge in [0, 0.05) is 6.42 Å². The molecule has 2 bridgehead atoms. The molecule has 4 nitrogen and oxygen atoms in total. The van der Waals surface area contributed by atoms with Crippen LogP contribution in [0.15, 0.2) is 12.4 Å². The zero-order valence-electron chi connectivity index (χ0n) is 10.1. The first kappa shape index (κ1) is 11.9. The summed E-state index contributed by atoms with van der Waals surface area (Å²) in [6.45, 7) is 0. The highest BCUT2D eigenvalue weighted by molar-refractivity contribution is 6.29. The third kappa shape index (κ3) is 2.48. The summed E-state index contributed by atoms with van der Waals surface area (Å²) in [5.74, 6) is 2.75. The van der Waals surface area contributed by atoms with Gasteiger partial charge in [-0.05, 0) is 37.0 Å². The van der Waals surface area contributed by atoms with Crippen molar-refractivity contribution < 1.29 is 4.79 Å². The molecule has 0 spiro atoms. The van der Waals surface area contributed by atoms with E-state index < -0.39 is 0 Å². The second kappa shape index (κ2) is 4.84. The summed E-state index contributed by atoms with van der Waals surface area (Å²) >= 11 is 5.64. The zero-order valence-corrected chi connectivity index (χ0v) is 10.9. The number of anilines is 1. The molecule has 2 aliphatic rings. The summed E-state index contributed by atoms with van der Waals surface area (Å²) in [5, 5.41) is 3.12. The molecule has 0 aromatic carbocycles. The number of fused-ring (bicyclic) bond motifs is 2. The lowest BCUT2D eigenvalue weighted by Crippen LogP contribution is -2.20. The van der Waals surface area contributed by atoms with Crippen molar-refractivity contribution in [1.82, 2.24) is 9.97 Å². The van der Waals surface area contributed by atoms with E-state index in [9.17, 15) is 4.79 Å². The molecule has 3 unspecified atom stereocenters. The monoisotopic (exact) mass is 265 g/mol. The van der Waals surface area contributed by atoms with Crippen LogP contribution >= 0.6 is 11.6 Å². The molecule has 1 aromatic rings. The van der Waals surface area contributed by atoms with Gasteiger partial charge in [0.25, 0.3) is 0 Å². The van der Waals surface area contributed by atoms with Crippen LogP contribution in [-0.2, 0) is 4.79 Å². The first-order valence-corrected chi connectivity index (χ1v) is 6.86. The normalized spacial score (nSPS) is 29.5. The number of carbonyl (C=O) groups is 1. The summed E-state index contributed by atoms with van der Waals surface area (Å²) in [4.78, 5) is 19.8. The third-order valence-corrected chi connectivity index (χ3v) is 4.42. The van der Waals surface area contributed by atoms with Gasteiger partial charge in [-0.3, -0.25) is 4.79 Å². The van der Waals surface area contributed by atoms with Crippen LogP contribution in [-0.4, -0.2) is 15.9 Å². The minimum Gasteiger partial charge on any atom is -0.309 e. The molecular weight excluding hydrogens is 250 g/mol. The predicted molar refractivity (Wildman–Crippen MR) is 69.2 cm³/mol. The van der Waals surface area contributed by atoms with Gasteiger partial charge in [0.05, 0.1) is 12.4 Å². The lowest BCUT2D eigenvalue weighted by atomic mass is 9.86. The Kier molecular flexibility index (Phi) is 3.20. The topological polar surface area (TPSA) is 54.9 Å². The van der Waals surface area contributed by atoms with Crippen molar-refractivity contribution in [3.8, 4) is 0 Å². The van der Waals surface area contributed by atoms with E-state index in [4.69, 9.17) is 11.6 Å². The van der Waals surface area contributed by atoms with Gasteiger partial charge in [-0.2, -0.15) is 0 Å². The Morgan fingerprint density at radius 2 is 2.22 bits per heavy atom. The largest absolute Gasteiger partial charge is 0.309 e. The molecule has 5 heteroatoms. The highest BCUT2D eigenvalue weighted by Gasteiger charge is 2.40. The number of rotatable bonds is 3. The maximum absolute atomic E-state index is 11.9. The maximum atomic E-state index is 11.9. The molecule has 1 heterocycles. The zero-order chi connectivity index (χ0) is 12.5. The maximum Gasteiger partial charge on any atom is 0.225 e. The summed E-state index contributed by atoms with van der Waals surface area (Å²) in [7, 11) is 0. The third-order valence-electron chi connectivity index (χ3n) is 4.22. The molecule has 2 saturated carbocycles. The lowest BCUT2D eigenvalue weighted by molar-refractivity contribution is -0.117. The number of amides is 1. The van der Waals surface area contributed by atoms with E-state index in [0.717, 1.165) is 11.8 Å². The first-order valence-electron chi connectivity index (χ1n) is 6.48. The molecule has 96 valence electrons. The second-order valence-corrected chi connectivity index (χ2v) is 5.80. The fraction of sp³-hybridized carbons (Fsp3) is 0.615. The van der Waals surface area contributed by atoms with Gasteiger partial charge in [-0.15, -0.1) is 0 Å². The molecule has 1 amide bonds. The van der Waals surface area contributed by atoms with Gasteiger partial charge in [0.2, 0.25) is 5.91 Å². The van der Waals surface area contributed by atoms with Gasteiger partial charge < -0.3 is 5.32 Å². The Bertz CT molecular complexity index is 448. The van der Waals surface area contributed by atoms with E-state index >= 15 is 0 Å². The Balaban J connectivity index is 1.54. The number of halogens is 1. The van der Waals surface area contributed by atoms with E-state index in [1.54, 1.807) is 0 Å². The van der Waals surface area contributed by atoms with Crippen LogP contribution < -0.4 is 5.32 Å². The summed E-state index contributed by atoms with van der Waals surface area (Å²) in [6.07, 6.45) is 8.78. The number of aromatic nitrogens is 2. The molecule has 2 fully saturated rings. The predicted octanol–water partition coefficient (Wildman–Crippen LogP) is 2.89. The van der Waals surface area contributed by atoms with Crippen LogP contribution in [0.5, 0.6) is 0 Å². The van der Waals surface area contributed by atoms with Gasteiger partial charge in [-0.25, -0.2) is 9.97 Å². The number of hydrogen-bond donors (Lipinski definition) is 1. The number of nitrogens with one attached hydrogen (secondary N) is 1. The lowest BCUT2D eigenvalue weighted by Gasteiger charge is -2.20. The molecule has 0 radical (unpaired) electrons. The van der Waals surface area contributed by atoms with Crippen LogP contribution in [0.4, 0.5) is 5.82 Å². The average molecular weight is 266 g/mol. The van der Waals surface area contributed by atoms with E-state index in [2.05, 4.69) is 15.3 Å². The summed E-state index contributed by atoms with van der Waals surface area (Å²) < 4.78 is 0. The molecule has 1 N–H and O–H groups in total. The Morgan fingerprint density at radius 3 is 2.83 bits per heavy atom. The quantitative estimate of drug-likeness (QED) is 0.914. The average Bonchev–Trinajstić information content (AvgIpc) is 2.94. The van der Waals surface area contributed by atoms with Crippen LogP contribution in [0.2, 0.25) is 5.15 Å². The van der Waals surface area contributed by atoms with Crippen molar-refractivity contribution in [3.63, 3.8) is 0 Å². The van der Waals surface area contributed by atoms with Gasteiger partial charge in [0.15, 0.2) is 5.82 Å². The number of hydrogen-bond acceptors (Lipinski definition) is 3. The standard InChI is InChI=1S/C13H16ClN3O/c14-11-6-16-12(7-15-11)17-13(18)5-10-4-8-1-2-9(10)3-8/h6-10H,1-5H2,(H,16,17,18). The van der Waals surface area contributed by atoms with Crippen molar-refractivity contribution >= 4 is 23.3 Å². The van der Waals surface area contributed by atoms with Crippen molar-refractivity contribution in [2.24, 2.45) is 17.8 Å². The van der Waals surface area contributed by atoms with Gasteiger partial charge >= 0.3 is 0 Å². The molecule has 3 rings (SSSR count). The van der Waals surface area contributed by atoms with E-state index in [1.807, 2.05) is 0 Å². The summed E-state index contributed by atoms with van der Waals surface area (Å²) in [6, 6.07) is 0. The van der Waals surface area contributed by atoms with Crippen molar-refractivity contribution in [2.75, 3.05) is 5.32 Å². The Labute approximate surface area is 111 Å². The Morgan fingerprint density at radius 1 is 1.33 bits per heavy atom. The van der Waals surface area contributed by atoms with E-state index in [1.165, 1.54) is 38.1 Å². The molecule has 18 heavy (non-hydrogen) atoms.